The molecule has 0 heterocycles. The summed E-state index contributed by atoms with van der Waals surface area (Å²) in [6.07, 6.45) is 0. The standard InChI is InChI=1S/C15H16N2O4S/c1-16(2)15-10-13(17(18)19)9-8-12(15)11-22(20,21)14-6-4-3-5-7-14/h3-10H,11H2,1-2H3. The first-order valence-electron chi connectivity index (χ1n) is 6.54. The fraction of sp³-hybridized carbons (Fsp3) is 0.200. The van der Waals surface area contributed by atoms with Gasteiger partial charge in [-0.05, 0) is 23.8 Å². The fourth-order valence-corrected chi connectivity index (χ4v) is 3.51. The Hall–Kier alpha value is -2.41. The normalized spacial score (nSPS) is 11.2. The SMILES string of the molecule is CN(C)c1cc([N+](=O)[O-])ccc1CS(=O)(=O)c1ccccc1. The van der Waals surface area contributed by atoms with Gasteiger partial charge in [-0.25, -0.2) is 8.42 Å². The number of non-ortho nitro benzene ring substituents is 1. The molecule has 0 saturated carbocycles. The highest BCUT2D eigenvalue weighted by atomic mass is 32.2. The van der Waals surface area contributed by atoms with Crippen LogP contribution in [-0.4, -0.2) is 27.4 Å². The van der Waals surface area contributed by atoms with Gasteiger partial charge < -0.3 is 4.90 Å². The highest BCUT2D eigenvalue weighted by Gasteiger charge is 2.19. The molecular formula is C15H16N2O4S. The third-order valence-corrected chi connectivity index (χ3v) is 4.89. The van der Waals surface area contributed by atoms with Crippen LogP contribution < -0.4 is 4.90 Å². The maximum atomic E-state index is 12.4. The van der Waals surface area contributed by atoms with Gasteiger partial charge in [0.15, 0.2) is 9.84 Å². The smallest absolute Gasteiger partial charge is 0.271 e. The Morgan fingerprint density at radius 1 is 1.09 bits per heavy atom. The molecule has 0 unspecified atom stereocenters. The van der Waals surface area contributed by atoms with Gasteiger partial charge in [-0.15, -0.1) is 0 Å². The molecule has 0 aromatic heterocycles. The minimum Gasteiger partial charge on any atom is -0.377 e. The lowest BCUT2D eigenvalue weighted by atomic mass is 10.1. The Balaban J connectivity index is 2.43. The quantitative estimate of drug-likeness (QED) is 0.625. The molecule has 0 aliphatic carbocycles. The van der Waals surface area contributed by atoms with E-state index in [1.807, 2.05) is 0 Å². The summed E-state index contributed by atoms with van der Waals surface area (Å²) in [5.41, 5.74) is 0.984. The van der Waals surface area contributed by atoms with Gasteiger partial charge in [-0.3, -0.25) is 10.1 Å². The average Bonchev–Trinajstić information content (AvgIpc) is 2.47. The second-order valence-corrected chi connectivity index (χ2v) is 7.03. The van der Waals surface area contributed by atoms with Gasteiger partial charge in [0.05, 0.1) is 15.6 Å². The van der Waals surface area contributed by atoms with Crippen molar-refractivity contribution in [3.8, 4) is 0 Å². The maximum Gasteiger partial charge on any atom is 0.271 e. The van der Waals surface area contributed by atoms with E-state index in [1.165, 1.54) is 30.3 Å². The number of sulfone groups is 1. The highest BCUT2D eigenvalue weighted by molar-refractivity contribution is 7.90. The number of hydrogen-bond acceptors (Lipinski definition) is 5. The van der Waals surface area contributed by atoms with Crippen LogP contribution in [0.25, 0.3) is 0 Å². The van der Waals surface area contributed by atoms with Crippen molar-refractivity contribution in [3.63, 3.8) is 0 Å². The lowest BCUT2D eigenvalue weighted by Crippen LogP contribution is -2.14. The summed E-state index contributed by atoms with van der Waals surface area (Å²) in [7, 11) is -0.0591. The lowest BCUT2D eigenvalue weighted by Gasteiger charge is -2.17. The molecule has 2 rings (SSSR count). The van der Waals surface area contributed by atoms with Crippen molar-refractivity contribution in [1.82, 2.24) is 0 Å². The van der Waals surface area contributed by atoms with Gasteiger partial charge in [-0.2, -0.15) is 0 Å². The molecule has 22 heavy (non-hydrogen) atoms. The number of nitrogens with zero attached hydrogens (tertiary/aromatic N) is 2. The van der Waals surface area contributed by atoms with Gasteiger partial charge >= 0.3 is 0 Å². The van der Waals surface area contributed by atoms with Gasteiger partial charge in [-0.1, -0.05) is 18.2 Å². The third kappa shape index (κ3) is 3.43. The molecule has 0 radical (unpaired) electrons. The Morgan fingerprint density at radius 2 is 1.73 bits per heavy atom. The zero-order chi connectivity index (χ0) is 16.3. The van der Waals surface area contributed by atoms with E-state index in [0.717, 1.165) is 0 Å². The summed E-state index contributed by atoms with van der Waals surface area (Å²) in [4.78, 5) is 12.3. The van der Waals surface area contributed by atoms with E-state index in [9.17, 15) is 18.5 Å². The number of rotatable bonds is 5. The minimum atomic E-state index is -3.50. The first kappa shape index (κ1) is 16.0. The summed E-state index contributed by atoms with van der Waals surface area (Å²) >= 11 is 0. The molecule has 0 spiro atoms. The molecule has 0 aliphatic rings. The molecule has 7 heteroatoms. The molecule has 6 nitrogen and oxygen atoms in total. The zero-order valence-corrected chi connectivity index (χ0v) is 13.1. The van der Waals surface area contributed by atoms with Crippen LogP contribution in [0.3, 0.4) is 0 Å². The third-order valence-electron chi connectivity index (χ3n) is 3.21. The molecule has 0 amide bonds. The van der Waals surface area contributed by atoms with Crippen molar-refractivity contribution in [2.75, 3.05) is 19.0 Å². The van der Waals surface area contributed by atoms with Crippen LogP contribution in [0.1, 0.15) is 5.56 Å². The Kier molecular flexibility index (Phi) is 4.46. The highest BCUT2D eigenvalue weighted by Crippen LogP contribution is 2.28. The van der Waals surface area contributed by atoms with Gasteiger partial charge in [0.1, 0.15) is 0 Å². The van der Waals surface area contributed by atoms with E-state index in [1.54, 1.807) is 37.2 Å². The van der Waals surface area contributed by atoms with Crippen LogP contribution >= 0.6 is 0 Å². The Morgan fingerprint density at radius 3 is 2.27 bits per heavy atom. The van der Waals surface area contributed by atoms with E-state index >= 15 is 0 Å². The number of hydrogen-bond donors (Lipinski definition) is 0. The molecule has 0 aliphatic heterocycles. The molecular weight excluding hydrogens is 304 g/mol. The summed E-state index contributed by atoms with van der Waals surface area (Å²) in [6.45, 7) is 0. The van der Waals surface area contributed by atoms with Crippen molar-refractivity contribution in [2.24, 2.45) is 0 Å². The molecule has 0 saturated heterocycles. The Labute approximate surface area is 129 Å². The van der Waals surface area contributed by atoms with E-state index in [4.69, 9.17) is 0 Å². The predicted molar refractivity (Wildman–Crippen MR) is 84.8 cm³/mol. The first-order chi connectivity index (χ1) is 10.3. The van der Waals surface area contributed by atoms with E-state index in [2.05, 4.69) is 0 Å². The van der Waals surface area contributed by atoms with E-state index in [0.29, 0.717) is 11.3 Å². The van der Waals surface area contributed by atoms with Gasteiger partial charge in [0.2, 0.25) is 0 Å². The number of benzene rings is 2. The monoisotopic (exact) mass is 320 g/mol. The summed E-state index contributed by atoms with van der Waals surface area (Å²) in [5.74, 6) is -0.206. The second-order valence-electron chi connectivity index (χ2n) is 5.04. The van der Waals surface area contributed by atoms with Gasteiger partial charge in [0.25, 0.3) is 5.69 Å². The molecule has 2 aromatic rings. The van der Waals surface area contributed by atoms with E-state index in [-0.39, 0.29) is 16.3 Å². The van der Waals surface area contributed by atoms with Crippen molar-refractivity contribution < 1.29 is 13.3 Å². The maximum absolute atomic E-state index is 12.4. The average molecular weight is 320 g/mol. The van der Waals surface area contributed by atoms with Crippen molar-refractivity contribution >= 4 is 21.2 Å². The number of nitro groups is 1. The van der Waals surface area contributed by atoms with Gasteiger partial charge in [0, 0.05) is 31.9 Å². The van der Waals surface area contributed by atoms with E-state index < -0.39 is 14.8 Å². The fourth-order valence-electron chi connectivity index (χ4n) is 2.12. The number of nitro benzene ring substituents is 1. The predicted octanol–water partition coefficient (Wildman–Crippen LogP) is 2.63. The van der Waals surface area contributed by atoms with Crippen LogP contribution in [-0.2, 0) is 15.6 Å². The minimum absolute atomic E-state index is 0.0652. The van der Waals surface area contributed by atoms with Crippen LogP contribution in [0.15, 0.2) is 53.4 Å². The largest absolute Gasteiger partial charge is 0.377 e. The second kappa shape index (κ2) is 6.15. The molecule has 0 fully saturated rings. The van der Waals surface area contributed by atoms with Crippen LogP contribution in [0, 0.1) is 10.1 Å². The molecule has 0 bridgehead atoms. The zero-order valence-electron chi connectivity index (χ0n) is 12.3. The van der Waals surface area contributed by atoms with Crippen molar-refractivity contribution in [1.29, 1.82) is 0 Å². The molecule has 0 atom stereocenters. The Bertz CT molecular complexity index is 786. The lowest BCUT2D eigenvalue weighted by molar-refractivity contribution is -0.384. The molecule has 0 N–H and O–H groups in total. The summed E-state index contributed by atoms with van der Waals surface area (Å²) in [6, 6.07) is 12.3. The number of anilines is 1. The summed E-state index contributed by atoms with van der Waals surface area (Å²) in [5, 5.41) is 10.9. The molecule has 2 aromatic carbocycles. The van der Waals surface area contributed by atoms with Crippen LogP contribution in [0.5, 0.6) is 0 Å². The summed E-state index contributed by atoms with van der Waals surface area (Å²) < 4.78 is 24.9. The van der Waals surface area contributed by atoms with Crippen molar-refractivity contribution in [2.45, 2.75) is 10.6 Å². The van der Waals surface area contributed by atoms with Crippen LogP contribution in [0.4, 0.5) is 11.4 Å². The topological polar surface area (TPSA) is 80.5 Å². The van der Waals surface area contributed by atoms with Crippen LogP contribution in [0.2, 0.25) is 0 Å². The molecule has 116 valence electrons. The first-order valence-corrected chi connectivity index (χ1v) is 8.19. The van der Waals surface area contributed by atoms with Crippen molar-refractivity contribution in [3.05, 3.63) is 64.2 Å².